The standard InChI is InChI=1S/C5H5F5O2/c1-2-11-3-12-5(9,10)4(6,7)8/h2H,1,3H2. The van der Waals surface area contributed by atoms with Gasteiger partial charge in [-0.2, -0.15) is 22.0 Å². The first-order chi connectivity index (χ1) is 5.31. The highest BCUT2D eigenvalue weighted by atomic mass is 19.4. The van der Waals surface area contributed by atoms with E-state index in [1.165, 1.54) is 0 Å². The van der Waals surface area contributed by atoms with Crippen LogP contribution < -0.4 is 0 Å². The van der Waals surface area contributed by atoms with Crippen LogP contribution in [-0.4, -0.2) is 19.1 Å². The minimum atomic E-state index is -5.72. The third-order valence-electron chi connectivity index (χ3n) is 0.756. The van der Waals surface area contributed by atoms with E-state index in [9.17, 15) is 22.0 Å². The summed E-state index contributed by atoms with van der Waals surface area (Å²) in [6.45, 7) is 1.72. The molecule has 0 radical (unpaired) electrons. The predicted octanol–water partition coefficient (Wildman–Crippen LogP) is 2.28. The molecule has 0 aromatic carbocycles. The molecule has 0 saturated carbocycles. The van der Waals surface area contributed by atoms with Crippen molar-refractivity contribution in [1.29, 1.82) is 0 Å². The molecule has 12 heavy (non-hydrogen) atoms. The van der Waals surface area contributed by atoms with E-state index in [-0.39, 0.29) is 0 Å². The van der Waals surface area contributed by atoms with E-state index in [1.807, 2.05) is 0 Å². The zero-order valence-electron chi connectivity index (χ0n) is 5.70. The molecular weight excluding hydrogens is 187 g/mol. The van der Waals surface area contributed by atoms with Crippen LogP contribution in [0.1, 0.15) is 0 Å². The van der Waals surface area contributed by atoms with Crippen molar-refractivity contribution in [2.75, 3.05) is 6.79 Å². The lowest BCUT2D eigenvalue weighted by atomic mass is 10.6. The summed E-state index contributed by atoms with van der Waals surface area (Å²) in [5.74, 6) is 0. The molecule has 0 atom stereocenters. The number of halogens is 5. The van der Waals surface area contributed by atoms with Gasteiger partial charge < -0.3 is 4.74 Å². The van der Waals surface area contributed by atoms with E-state index in [2.05, 4.69) is 16.1 Å². The molecule has 0 unspecified atom stereocenters. The van der Waals surface area contributed by atoms with Crippen molar-refractivity contribution < 1.29 is 31.4 Å². The highest BCUT2D eigenvalue weighted by molar-refractivity contribution is 4.63. The molecule has 0 spiro atoms. The fraction of sp³-hybridized carbons (Fsp3) is 0.600. The monoisotopic (exact) mass is 192 g/mol. The van der Waals surface area contributed by atoms with E-state index < -0.39 is 19.1 Å². The van der Waals surface area contributed by atoms with Gasteiger partial charge in [0.1, 0.15) is 0 Å². The van der Waals surface area contributed by atoms with Gasteiger partial charge in [0, 0.05) is 0 Å². The predicted molar refractivity (Wildman–Crippen MR) is 28.2 cm³/mol. The summed E-state index contributed by atoms with van der Waals surface area (Å²) in [4.78, 5) is 0. The van der Waals surface area contributed by atoms with Crippen molar-refractivity contribution in [3.63, 3.8) is 0 Å². The van der Waals surface area contributed by atoms with Crippen LogP contribution in [0.5, 0.6) is 0 Å². The summed E-state index contributed by atoms with van der Waals surface area (Å²) in [6, 6.07) is 0. The van der Waals surface area contributed by atoms with Crippen molar-refractivity contribution in [2.24, 2.45) is 0 Å². The molecule has 0 heterocycles. The van der Waals surface area contributed by atoms with Crippen LogP contribution in [0, 0.1) is 0 Å². The molecule has 0 aromatic heterocycles. The number of hydrogen-bond acceptors (Lipinski definition) is 2. The number of alkyl halides is 5. The fourth-order valence-electron chi connectivity index (χ4n) is 0.238. The van der Waals surface area contributed by atoms with E-state index >= 15 is 0 Å². The van der Waals surface area contributed by atoms with Gasteiger partial charge in [-0.1, -0.05) is 6.58 Å². The lowest BCUT2D eigenvalue weighted by Gasteiger charge is -2.18. The van der Waals surface area contributed by atoms with E-state index in [0.717, 1.165) is 0 Å². The summed E-state index contributed by atoms with van der Waals surface area (Å²) < 4.78 is 64.5. The maximum atomic E-state index is 11.8. The summed E-state index contributed by atoms with van der Waals surface area (Å²) in [7, 11) is 0. The average molecular weight is 192 g/mol. The van der Waals surface area contributed by atoms with Gasteiger partial charge in [0.2, 0.25) is 0 Å². The van der Waals surface area contributed by atoms with Gasteiger partial charge >= 0.3 is 12.3 Å². The van der Waals surface area contributed by atoms with Crippen LogP contribution in [-0.2, 0) is 9.47 Å². The quantitative estimate of drug-likeness (QED) is 0.294. The van der Waals surface area contributed by atoms with Crippen LogP contribution >= 0.6 is 0 Å². The molecule has 72 valence electrons. The first kappa shape index (κ1) is 11.2. The highest BCUT2D eigenvalue weighted by Gasteiger charge is 2.59. The van der Waals surface area contributed by atoms with E-state index in [0.29, 0.717) is 6.26 Å². The molecule has 0 fully saturated rings. The number of rotatable bonds is 4. The fourth-order valence-corrected chi connectivity index (χ4v) is 0.238. The maximum absolute atomic E-state index is 11.8. The first-order valence-electron chi connectivity index (χ1n) is 2.62. The second-order valence-corrected chi connectivity index (χ2v) is 1.61. The molecule has 0 saturated heterocycles. The summed E-state index contributed by atoms with van der Waals surface area (Å²) >= 11 is 0. The zero-order valence-corrected chi connectivity index (χ0v) is 5.70. The van der Waals surface area contributed by atoms with Crippen LogP contribution in [0.25, 0.3) is 0 Å². The Labute approximate surface area is 64.6 Å². The summed E-state index contributed by atoms with van der Waals surface area (Å²) in [5, 5.41) is 0. The van der Waals surface area contributed by atoms with Crippen molar-refractivity contribution in [3.05, 3.63) is 12.8 Å². The van der Waals surface area contributed by atoms with Crippen molar-refractivity contribution in [2.45, 2.75) is 12.3 Å². The molecule has 0 amide bonds. The topological polar surface area (TPSA) is 18.5 Å². The third kappa shape index (κ3) is 3.04. The molecule has 0 aliphatic carbocycles. The molecule has 0 aromatic rings. The second kappa shape index (κ2) is 3.70. The lowest BCUT2D eigenvalue weighted by Crippen LogP contribution is -2.39. The van der Waals surface area contributed by atoms with Gasteiger partial charge in [-0.15, -0.1) is 0 Å². The minimum Gasteiger partial charge on any atom is -0.476 e. The van der Waals surface area contributed by atoms with Crippen molar-refractivity contribution >= 4 is 0 Å². The molecule has 0 aliphatic heterocycles. The summed E-state index contributed by atoms with van der Waals surface area (Å²) in [6.07, 6.45) is -10.2. The van der Waals surface area contributed by atoms with Crippen LogP contribution in [0.4, 0.5) is 22.0 Å². The Balaban J connectivity index is 3.95. The van der Waals surface area contributed by atoms with Gasteiger partial charge in [-0.3, -0.25) is 4.74 Å². The number of hydrogen-bond donors (Lipinski definition) is 0. The molecule has 0 bridgehead atoms. The largest absolute Gasteiger partial charge is 0.483 e. The summed E-state index contributed by atoms with van der Waals surface area (Å²) in [5.41, 5.74) is 0. The first-order valence-corrected chi connectivity index (χ1v) is 2.62. The minimum absolute atomic E-state index is 0.687. The third-order valence-corrected chi connectivity index (χ3v) is 0.756. The Kier molecular flexibility index (Phi) is 3.44. The SMILES string of the molecule is C=COCOC(F)(F)C(F)(F)F. The van der Waals surface area contributed by atoms with Crippen LogP contribution in [0.2, 0.25) is 0 Å². The van der Waals surface area contributed by atoms with Gasteiger partial charge in [0.05, 0.1) is 6.26 Å². The van der Waals surface area contributed by atoms with Crippen LogP contribution in [0.3, 0.4) is 0 Å². The normalized spacial score (nSPS) is 12.8. The van der Waals surface area contributed by atoms with Gasteiger partial charge in [-0.05, 0) is 0 Å². The molecule has 0 rings (SSSR count). The molecule has 0 aliphatic rings. The zero-order chi connectivity index (χ0) is 9.83. The van der Waals surface area contributed by atoms with Crippen LogP contribution in [0.15, 0.2) is 12.8 Å². The van der Waals surface area contributed by atoms with Crippen molar-refractivity contribution in [1.82, 2.24) is 0 Å². The molecular formula is C5H5F5O2. The Hall–Kier alpha value is -0.850. The molecule has 0 N–H and O–H groups in total. The van der Waals surface area contributed by atoms with Gasteiger partial charge in [0.15, 0.2) is 6.79 Å². The maximum Gasteiger partial charge on any atom is 0.483 e. The average Bonchev–Trinajstić information content (AvgIpc) is 1.85. The smallest absolute Gasteiger partial charge is 0.476 e. The van der Waals surface area contributed by atoms with Crippen molar-refractivity contribution in [3.8, 4) is 0 Å². The highest BCUT2D eigenvalue weighted by Crippen LogP contribution is 2.36. The Morgan fingerprint density at radius 1 is 1.17 bits per heavy atom. The Bertz CT molecular complexity index is 152. The Morgan fingerprint density at radius 2 is 1.67 bits per heavy atom. The Morgan fingerprint density at radius 3 is 2.00 bits per heavy atom. The van der Waals surface area contributed by atoms with E-state index in [1.54, 1.807) is 0 Å². The molecule has 7 heteroatoms. The lowest BCUT2D eigenvalue weighted by molar-refractivity contribution is -0.403. The van der Waals surface area contributed by atoms with E-state index in [4.69, 9.17) is 0 Å². The van der Waals surface area contributed by atoms with Gasteiger partial charge in [0.25, 0.3) is 0 Å². The second-order valence-electron chi connectivity index (χ2n) is 1.61. The number of ether oxygens (including phenoxy) is 2. The van der Waals surface area contributed by atoms with Gasteiger partial charge in [-0.25, -0.2) is 0 Å². The molecule has 2 nitrogen and oxygen atoms in total.